The monoisotopic (exact) mass is 280 g/mol. The Morgan fingerprint density at radius 2 is 2.05 bits per heavy atom. The van der Waals surface area contributed by atoms with Gasteiger partial charge in [0.05, 0.1) is 0 Å². The maximum atomic E-state index is 11.7. The number of benzene rings is 1. The van der Waals surface area contributed by atoms with Gasteiger partial charge in [0.1, 0.15) is 6.04 Å². The van der Waals surface area contributed by atoms with Crippen LogP contribution in [0.5, 0.6) is 0 Å². The molecular formula is C14H20N2O4. The molecule has 1 saturated heterocycles. The van der Waals surface area contributed by atoms with E-state index in [2.05, 4.69) is 10.6 Å². The van der Waals surface area contributed by atoms with Crippen LogP contribution in [0.2, 0.25) is 0 Å². The normalized spacial score (nSPS) is 22.2. The summed E-state index contributed by atoms with van der Waals surface area (Å²) in [5, 5.41) is 23.6. The van der Waals surface area contributed by atoms with Gasteiger partial charge in [0, 0.05) is 12.1 Å². The minimum Gasteiger partial charge on any atom is -0.441 e. The van der Waals surface area contributed by atoms with Gasteiger partial charge >= 0.3 is 5.97 Å². The first-order valence-corrected chi connectivity index (χ1v) is 6.75. The molecule has 20 heavy (non-hydrogen) atoms. The molecule has 2 rings (SSSR count). The van der Waals surface area contributed by atoms with E-state index in [1.165, 1.54) is 0 Å². The fourth-order valence-corrected chi connectivity index (χ4v) is 2.07. The summed E-state index contributed by atoms with van der Waals surface area (Å²) in [7, 11) is 0. The van der Waals surface area contributed by atoms with Gasteiger partial charge in [-0.25, -0.2) is 0 Å². The zero-order valence-electron chi connectivity index (χ0n) is 11.2. The van der Waals surface area contributed by atoms with Crippen molar-refractivity contribution in [2.24, 2.45) is 0 Å². The summed E-state index contributed by atoms with van der Waals surface area (Å²) in [6.45, 7) is 1.09. The molecule has 1 aromatic carbocycles. The molecule has 0 radical (unpaired) electrons. The van der Waals surface area contributed by atoms with E-state index in [-0.39, 0.29) is 12.0 Å². The molecule has 0 spiro atoms. The second kappa shape index (κ2) is 7.35. The van der Waals surface area contributed by atoms with Crippen LogP contribution < -0.4 is 10.6 Å². The molecule has 6 nitrogen and oxygen atoms in total. The number of carbonyl (C=O) groups is 1. The van der Waals surface area contributed by atoms with Crippen molar-refractivity contribution < 1.29 is 19.7 Å². The minimum atomic E-state index is -1.27. The van der Waals surface area contributed by atoms with Crippen LogP contribution in [0.15, 0.2) is 30.3 Å². The van der Waals surface area contributed by atoms with E-state index in [0.29, 0.717) is 25.9 Å². The smallest absolute Gasteiger partial charge is 0.326 e. The largest absolute Gasteiger partial charge is 0.441 e. The first kappa shape index (κ1) is 14.9. The average molecular weight is 280 g/mol. The Morgan fingerprint density at radius 1 is 1.30 bits per heavy atom. The summed E-state index contributed by atoms with van der Waals surface area (Å²) >= 11 is 0. The third-order valence-electron chi connectivity index (χ3n) is 3.14. The van der Waals surface area contributed by atoms with Gasteiger partial charge in [-0.2, -0.15) is 0 Å². The number of aliphatic hydroxyl groups is 2. The van der Waals surface area contributed by atoms with Gasteiger partial charge in [-0.05, 0) is 19.4 Å². The quantitative estimate of drug-likeness (QED) is 0.316. The van der Waals surface area contributed by atoms with Crippen molar-refractivity contribution in [2.45, 2.75) is 31.4 Å². The SMILES string of the molecule is O=C1OC(c2ccccc2)N[C@@H]1CNCCCC(O)O. The number of carbonyl (C=O) groups excluding carboxylic acids is 1. The lowest BCUT2D eigenvalue weighted by molar-refractivity contribution is -0.142. The van der Waals surface area contributed by atoms with Gasteiger partial charge in [-0.1, -0.05) is 30.3 Å². The van der Waals surface area contributed by atoms with Crippen LogP contribution in [-0.4, -0.2) is 41.6 Å². The van der Waals surface area contributed by atoms with Gasteiger partial charge in [0.2, 0.25) is 0 Å². The molecule has 1 fully saturated rings. The topological polar surface area (TPSA) is 90.8 Å². The van der Waals surface area contributed by atoms with Crippen molar-refractivity contribution in [1.29, 1.82) is 0 Å². The Morgan fingerprint density at radius 3 is 2.75 bits per heavy atom. The van der Waals surface area contributed by atoms with Crippen LogP contribution in [0.25, 0.3) is 0 Å². The molecule has 0 aromatic heterocycles. The molecule has 0 bridgehead atoms. The molecular weight excluding hydrogens is 260 g/mol. The Kier molecular flexibility index (Phi) is 5.49. The Hall–Kier alpha value is -1.47. The highest BCUT2D eigenvalue weighted by Gasteiger charge is 2.33. The number of hydrogen-bond donors (Lipinski definition) is 4. The van der Waals surface area contributed by atoms with Crippen molar-refractivity contribution in [3.05, 3.63) is 35.9 Å². The van der Waals surface area contributed by atoms with Crippen LogP contribution in [-0.2, 0) is 9.53 Å². The highest BCUT2D eigenvalue weighted by atomic mass is 16.6. The molecule has 1 unspecified atom stereocenters. The summed E-state index contributed by atoms with van der Waals surface area (Å²) in [6, 6.07) is 9.15. The molecule has 0 amide bonds. The second-order valence-electron chi connectivity index (χ2n) is 4.77. The van der Waals surface area contributed by atoms with Crippen molar-refractivity contribution in [3.63, 3.8) is 0 Å². The van der Waals surface area contributed by atoms with Crippen LogP contribution in [0, 0.1) is 0 Å². The van der Waals surface area contributed by atoms with Gasteiger partial charge in [-0.3, -0.25) is 10.1 Å². The zero-order chi connectivity index (χ0) is 14.4. The van der Waals surface area contributed by atoms with Crippen molar-refractivity contribution >= 4 is 5.97 Å². The lowest BCUT2D eigenvalue weighted by atomic mass is 10.2. The second-order valence-corrected chi connectivity index (χ2v) is 4.77. The minimum absolute atomic E-state index is 0.270. The summed E-state index contributed by atoms with van der Waals surface area (Å²) in [5.74, 6) is -0.270. The fourth-order valence-electron chi connectivity index (χ4n) is 2.07. The molecule has 4 N–H and O–H groups in total. The van der Waals surface area contributed by atoms with Crippen molar-refractivity contribution in [3.8, 4) is 0 Å². The average Bonchev–Trinajstić information content (AvgIpc) is 2.81. The molecule has 2 atom stereocenters. The van der Waals surface area contributed by atoms with Crippen LogP contribution >= 0.6 is 0 Å². The summed E-state index contributed by atoms with van der Waals surface area (Å²) in [6.07, 6.45) is -0.701. The lowest BCUT2D eigenvalue weighted by Gasteiger charge is -2.11. The van der Waals surface area contributed by atoms with E-state index < -0.39 is 12.5 Å². The van der Waals surface area contributed by atoms with E-state index in [9.17, 15) is 4.79 Å². The Bertz CT molecular complexity index is 424. The van der Waals surface area contributed by atoms with Crippen molar-refractivity contribution in [1.82, 2.24) is 10.6 Å². The van der Waals surface area contributed by atoms with Crippen LogP contribution in [0.4, 0.5) is 0 Å². The zero-order valence-corrected chi connectivity index (χ0v) is 11.2. The number of nitrogens with one attached hydrogen (secondary N) is 2. The van der Waals surface area contributed by atoms with Crippen LogP contribution in [0.1, 0.15) is 24.6 Å². The third kappa shape index (κ3) is 4.28. The van der Waals surface area contributed by atoms with Gasteiger partial charge in [0.25, 0.3) is 0 Å². The third-order valence-corrected chi connectivity index (χ3v) is 3.14. The Labute approximate surface area is 117 Å². The Balaban J connectivity index is 1.73. The highest BCUT2D eigenvalue weighted by Crippen LogP contribution is 2.20. The van der Waals surface area contributed by atoms with E-state index in [1.807, 2.05) is 30.3 Å². The summed E-state index contributed by atoms with van der Waals surface area (Å²) in [5.41, 5.74) is 0.923. The highest BCUT2D eigenvalue weighted by molar-refractivity contribution is 5.78. The molecule has 0 saturated carbocycles. The lowest BCUT2D eigenvalue weighted by Crippen LogP contribution is -2.39. The first-order chi connectivity index (χ1) is 9.66. The maximum Gasteiger partial charge on any atom is 0.326 e. The van der Waals surface area contributed by atoms with Gasteiger partial charge in [0.15, 0.2) is 12.5 Å². The molecule has 1 aromatic rings. The van der Waals surface area contributed by atoms with E-state index in [0.717, 1.165) is 5.56 Å². The number of hydrogen-bond acceptors (Lipinski definition) is 6. The molecule has 6 heteroatoms. The number of cyclic esters (lactones) is 1. The molecule has 1 aliphatic heterocycles. The van der Waals surface area contributed by atoms with Gasteiger partial charge in [-0.15, -0.1) is 0 Å². The number of aliphatic hydroxyl groups excluding tert-OH is 1. The molecule has 1 heterocycles. The fraction of sp³-hybridized carbons (Fsp3) is 0.500. The van der Waals surface area contributed by atoms with E-state index >= 15 is 0 Å². The van der Waals surface area contributed by atoms with Crippen LogP contribution in [0.3, 0.4) is 0 Å². The number of ether oxygens (including phenoxy) is 1. The predicted octanol–water partition coefficient (Wildman–Crippen LogP) is -0.119. The van der Waals surface area contributed by atoms with E-state index in [1.54, 1.807) is 0 Å². The van der Waals surface area contributed by atoms with Gasteiger partial charge < -0.3 is 20.3 Å². The maximum absolute atomic E-state index is 11.7. The summed E-state index contributed by atoms with van der Waals surface area (Å²) in [4.78, 5) is 11.7. The predicted molar refractivity (Wildman–Crippen MR) is 72.5 cm³/mol. The number of rotatable bonds is 7. The van der Waals surface area contributed by atoms with E-state index in [4.69, 9.17) is 14.9 Å². The molecule has 110 valence electrons. The first-order valence-electron chi connectivity index (χ1n) is 6.75. The van der Waals surface area contributed by atoms with Crippen molar-refractivity contribution in [2.75, 3.05) is 13.1 Å². The molecule has 1 aliphatic rings. The molecule has 0 aliphatic carbocycles. The number of esters is 1. The standard InChI is InChI=1S/C14H20N2O4/c17-12(18)7-4-8-15-9-11-14(19)20-13(16-11)10-5-2-1-3-6-10/h1-3,5-6,11-13,15-18H,4,7-9H2/t11-,13?/m1/s1. The summed E-state index contributed by atoms with van der Waals surface area (Å²) < 4.78 is 5.29.